The van der Waals surface area contributed by atoms with E-state index in [2.05, 4.69) is 15.2 Å². The van der Waals surface area contributed by atoms with E-state index in [9.17, 15) is 4.79 Å². The topological polar surface area (TPSA) is 72.9 Å². The van der Waals surface area contributed by atoms with Gasteiger partial charge in [-0.25, -0.2) is 4.98 Å². The number of carbonyl (C=O) groups is 1. The number of nitrogens with one attached hydrogen (secondary N) is 1. The van der Waals surface area contributed by atoms with Crippen molar-refractivity contribution >= 4 is 30.0 Å². The Balaban J connectivity index is 1.53. The van der Waals surface area contributed by atoms with Gasteiger partial charge in [-0.2, -0.15) is 0 Å². The fourth-order valence-corrected chi connectivity index (χ4v) is 3.73. The summed E-state index contributed by atoms with van der Waals surface area (Å²) in [5.41, 5.74) is 2.31. The number of nitrogens with zero attached hydrogens (tertiary/aromatic N) is 2. The van der Waals surface area contributed by atoms with Crippen LogP contribution >= 0.6 is 0 Å². The number of morpholine rings is 1. The molecule has 1 aromatic carbocycles. The molecule has 2 saturated heterocycles. The lowest BCUT2D eigenvalue weighted by molar-refractivity contribution is 0.00578. The smallest absolute Gasteiger partial charge is 0.399 e. The molecule has 2 aliphatic rings. The van der Waals surface area contributed by atoms with Crippen LogP contribution in [0, 0.1) is 6.92 Å². The molecule has 2 fully saturated rings. The van der Waals surface area contributed by atoms with Crippen molar-refractivity contribution in [2.24, 2.45) is 0 Å². The number of amides is 1. The van der Waals surface area contributed by atoms with Crippen molar-refractivity contribution in [3.63, 3.8) is 0 Å². The molecule has 7 nitrogen and oxygen atoms in total. The molecule has 2 aromatic rings. The first kappa shape index (κ1) is 21.8. The predicted octanol–water partition coefficient (Wildman–Crippen LogP) is 2.78. The first-order chi connectivity index (χ1) is 14.7. The van der Waals surface area contributed by atoms with Crippen LogP contribution in [0.2, 0.25) is 0 Å². The molecule has 0 aliphatic carbocycles. The van der Waals surface area contributed by atoms with Gasteiger partial charge >= 0.3 is 7.12 Å². The summed E-state index contributed by atoms with van der Waals surface area (Å²) in [6, 6.07) is 9.34. The molecule has 0 radical (unpaired) electrons. The maximum Gasteiger partial charge on any atom is 0.495 e. The van der Waals surface area contributed by atoms with Crippen LogP contribution in [0.25, 0.3) is 0 Å². The average Bonchev–Trinajstić information content (AvgIpc) is 2.97. The molecule has 31 heavy (non-hydrogen) atoms. The van der Waals surface area contributed by atoms with Gasteiger partial charge < -0.3 is 24.3 Å². The number of pyridine rings is 1. The Morgan fingerprint density at radius 3 is 2.45 bits per heavy atom. The molecule has 0 bridgehead atoms. The number of benzene rings is 1. The third kappa shape index (κ3) is 4.33. The van der Waals surface area contributed by atoms with Crippen molar-refractivity contribution in [3.8, 4) is 0 Å². The van der Waals surface area contributed by atoms with Gasteiger partial charge in [0.2, 0.25) is 0 Å². The average molecular weight is 423 g/mol. The number of carbonyl (C=O) groups excluding carboxylic acids is 1. The molecule has 2 aliphatic heterocycles. The second kappa shape index (κ2) is 8.26. The molecule has 4 rings (SSSR count). The summed E-state index contributed by atoms with van der Waals surface area (Å²) >= 11 is 0. The minimum absolute atomic E-state index is 0.175. The van der Waals surface area contributed by atoms with Gasteiger partial charge in [0.25, 0.3) is 5.91 Å². The highest BCUT2D eigenvalue weighted by atomic mass is 16.7. The van der Waals surface area contributed by atoms with E-state index >= 15 is 0 Å². The van der Waals surface area contributed by atoms with E-state index in [0.29, 0.717) is 18.8 Å². The van der Waals surface area contributed by atoms with Crippen LogP contribution in [0.5, 0.6) is 0 Å². The second-order valence-corrected chi connectivity index (χ2v) is 9.06. The summed E-state index contributed by atoms with van der Waals surface area (Å²) in [6.07, 6.45) is 1.67. The molecule has 3 heterocycles. The molecular weight excluding hydrogens is 393 g/mol. The lowest BCUT2D eigenvalue weighted by Gasteiger charge is -2.32. The van der Waals surface area contributed by atoms with E-state index in [1.54, 1.807) is 12.3 Å². The maximum absolute atomic E-state index is 13.0. The predicted molar refractivity (Wildman–Crippen MR) is 122 cm³/mol. The zero-order chi connectivity index (χ0) is 22.2. The number of rotatable bonds is 4. The first-order valence-corrected chi connectivity index (χ1v) is 10.7. The lowest BCUT2D eigenvalue weighted by Crippen LogP contribution is -2.41. The van der Waals surface area contributed by atoms with Crippen LogP contribution in [0.15, 0.2) is 36.5 Å². The van der Waals surface area contributed by atoms with Crippen molar-refractivity contribution in [1.29, 1.82) is 0 Å². The number of aromatic nitrogens is 1. The Hall–Kier alpha value is -2.42. The highest BCUT2D eigenvalue weighted by Crippen LogP contribution is 2.37. The van der Waals surface area contributed by atoms with Crippen molar-refractivity contribution < 1.29 is 18.8 Å². The Morgan fingerprint density at radius 2 is 1.77 bits per heavy atom. The number of anilines is 2. The van der Waals surface area contributed by atoms with Gasteiger partial charge in [-0.3, -0.25) is 4.79 Å². The third-order valence-electron chi connectivity index (χ3n) is 6.47. The van der Waals surface area contributed by atoms with Crippen LogP contribution < -0.4 is 15.7 Å². The van der Waals surface area contributed by atoms with Gasteiger partial charge in [0.15, 0.2) is 0 Å². The van der Waals surface area contributed by atoms with E-state index in [4.69, 9.17) is 14.0 Å². The largest absolute Gasteiger partial charge is 0.495 e. The highest BCUT2D eigenvalue weighted by Gasteiger charge is 2.52. The van der Waals surface area contributed by atoms with E-state index in [1.807, 2.05) is 58.9 Å². The van der Waals surface area contributed by atoms with Gasteiger partial charge in [-0.15, -0.1) is 0 Å². The minimum Gasteiger partial charge on any atom is -0.399 e. The molecule has 8 heteroatoms. The lowest BCUT2D eigenvalue weighted by atomic mass is 9.76. The van der Waals surface area contributed by atoms with Crippen molar-refractivity contribution in [3.05, 3.63) is 47.7 Å². The normalized spacial score (nSPS) is 20.0. The van der Waals surface area contributed by atoms with Crippen LogP contribution in [-0.4, -0.2) is 55.5 Å². The van der Waals surface area contributed by atoms with Gasteiger partial charge in [-0.05, 0) is 63.8 Å². The zero-order valence-corrected chi connectivity index (χ0v) is 18.9. The van der Waals surface area contributed by atoms with Crippen LogP contribution in [0.3, 0.4) is 0 Å². The standard InChI is InChI=1S/C23H30BN3O4/c1-16-18(24-30-22(2,3)23(4,5)31-24)7-6-8-19(16)26-21(28)17-9-10-25-20(15-17)27-11-13-29-14-12-27/h6-10,15H,11-14H2,1-5H3,(H,26,28). The van der Waals surface area contributed by atoms with Crippen LogP contribution in [0.4, 0.5) is 11.5 Å². The Morgan fingerprint density at radius 1 is 1.10 bits per heavy atom. The third-order valence-corrected chi connectivity index (χ3v) is 6.47. The van der Waals surface area contributed by atoms with E-state index in [-0.39, 0.29) is 5.91 Å². The van der Waals surface area contributed by atoms with Crippen LogP contribution in [-0.2, 0) is 14.0 Å². The number of hydrogen-bond donors (Lipinski definition) is 1. The molecule has 0 atom stereocenters. The first-order valence-electron chi connectivity index (χ1n) is 10.7. The second-order valence-electron chi connectivity index (χ2n) is 9.06. The highest BCUT2D eigenvalue weighted by molar-refractivity contribution is 6.62. The summed E-state index contributed by atoms with van der Waals surface area (Å²) in [5.74, 6) is 0.615. The molecule has 164 valence electrons. The minimum atomic E-state index is -0.476. The molecule has 1 N–H and O–H groups in total. The van der Waals surface area contributed by atoms with Gasteiger partial charge in [0, 0.05) is 30.5 Å². The fraction of sp³-hybridized carbons (Fsp3) is 0.478. The fourth-order valence-electron chi connectivity index (χ4n) is 3.73. The SMILES string of the molecule is Cc1c(NC(=O)c2ccnc(N3CCOCC3)c2)cccc1B1OC(C)(C)C(C)(C)O1. The van der Waals surface area contributed by atoms with Gasteiger partial charge in [0.1, 0.15) is 5.82 Å². The van der Waals surface area contributed by atoms with Crippen LogP contribution in [0.1, 0.15) is 43.6 Å². The number of ether oxygens (including phenoxy) is 1. The maximum atomic E-state index is 13.0. The summed E-state index contributed by atoms with van der Waals surface area (Å²) in [5, 5.41) is 3.04. The zero-order valence-electron chi connectivity index (χ0n) is 18.9. The van der Waals surface area contributed by atoms with E-state index in [1.165, 1.54) is 0 Å². The molecular formula is C23H30BN3O4. The molecule has 0 unspecified atom stereocenters. The summed E-state index contributed by atoms with van der Waals surface area (Å²) in [6.45, 7) is 13.0. The summed E-state index contributed by atoms with van der Waals surface area (Å²) in [7, 11) is -0.476. The Kier molecular flexibility index (Phi) is 5.81. The summed E-state index contributed by atoms with van der Waals surface area (Å²) in [4.78, 5) is 19.5. The molecule has 0 saturated carbocycles. The van der Waals surface area contributed by atoms with E-state index < -0.39 is 18.3 Å². The Bertz CT molecular complexity index is 957. The van der Waals surface area contributed by atoms with Crippen molar-refractivity contribution in [2.45, 2.75) is 45.8 Å². The quantitative estimate of drug-likeness (QED) is 0.763. The molecule has 0 spiro atoms. The van der Waals surface area contributed by atoms with Gasteiger partial charge in [-0.1, -0.05) is 12.1 Å². The number of hydrogen-bond acceptors (Lipinski definition) is 6. The summed E-state index contributed by atoms with van der Waals surface area (Å²) < 4.78 is 17.8. The Labute approximate surface area is 184 Å². The van der Waals surface area contributed by atoms with Gasteiger partial charge in [0.05, 0.1) is 24.4 Å². The molecule has 1 amide bonds. The van der Waals surface area contributed by atoms with Crippen molar-refractivity contribution in [2.75, 3.05) is 36.5 Å². The monoisotopic (exact) mass is 423 g/mol. The van der Waals surface area contributed by atoms with E-state index in [0.717, 1.165) is 35.6 Å². The molecule has 1 aromatic heterocycles. The van der Waals surface area contributed by atoms with Crippen molar-refractivity contribution in [1.82, 2.24) is 4.98 Å².